The summed E-state index contributed by atoms with van der Waals surface area (Å²) in [6.45, 7) is 11.7. The van der Waals surface area contributed by atoms with Crippen LogP contribution in [0, 0.1) is 35.5 Å². The van der Waals surface area contributed by atoms with Crippen molar-refractivity contribution in [1.29, 1.82) is 0 Å². The molecule has 2 aliphatic carbocycles. The lowest BCUT2D eigenvalue weighted by atomic mass is 9.45. The number of fused-ring (bicyclic) bond motifs is 1. The van der Waals surface area contributed by atoms with E-state index in [4.69, 9.17) is 14.2 Å². The van der Waals surface area contributed by atoms with Crippen molar-refractivity contribution in [3.05, 3.63) is 59.2 Å². The van der Waals surface area contributed by atoms with E-state index in [9.17, 15) is 4.79 Å². The first-order valence-corrected chi connectivity index (χ1v) is 13.8. The molecule has 1 saturated heterocycles. The standard InChI is InChI=1S/C32H43NO4/c1-19-9-11-21(12-10-19)30(34)33-25-18-26-31(3,4)13-8-14-32(26,5)27(20(25)2)29-28(37-29)22-15-23(35-6)17-24(16-22)36-7/h9-12,15-17,20,25-29H,8,13-14,18H2,1-7H3,(H,33,34)/t20-,25-,26+,27-,28?,29?,32+/m1/s1. The van der Waals surface area contributed by atoms with Gasteiger partial charge in [-0.2, -0.15) is 0 Å². The summed E-state index contributed by atoms with van der Waals surface area (Å²) in [6.07, 6.45) is 4.84. The number of rotatable bonds is 6. The van der Waals surface area contributed by atoms with E-state index in [-0.39, 0.29) is 35.0 Å². The van der Waals surface area contributed by atoms with Crippen LogP contribution in [0.2, 0.25) is 0 Å². The van der Waals surface area contributed by atoms with Crippen molar-refractivity contribution >= 4 is 5.91 Å². The number of ether oxygens (including phenoxy) is 3. The second kappa shape index (κ2) is 9.65. The molecule has 0 spiro atoms. The Labute approximate surface area is 222 Å². The van der Waals surface area contributed by atoms with Gasteiger partial charge in [-0.3, -0.25) is 4.79 Å². The lowest BCUT2D eigenvalue weighted by Crippen LogP contribution is -2.60. The highest BCUT2D eigenvalue weighted by molar-refractivity contribution is 5.94. The van der Waals surface area contributed by atoms with Crippen LogP contribution in [0.1, 0.15) is 81.0 Å². The van der Waals surface area contributed by atoms with Gasteiger partial charge in [0.2, 0.25) is 0 Å². The Bertz CT molecular complexity index is 1120. The van der Waals surface area contributed by atoms with Crippen molar-refractivity contribution in [2.45, 2.75) is 78.6 Å². The minimum atomic E-state index is 0.0190. The van der Waals surface area contributed by atoms with E-state index < -0.39 is 0 Å². The van der Waals surface area contributed by atoms with E-state index in [1.54, 1.807) is 14.2 Å². The highest BCUT2D eigenvalue weighted by atomic mass is 16.6. The van der Waals surface area contributed by atoms with Crippen molar-refractivity contribution in [3.8, 4) is 11.5 Å². The zero-order chi connectivity index (χ0) is 26.5. The maximum Gasteiger partial charge on any atom is 0.251 e. The minimum absolute atomic E-state index is 0.0190. The predicted molar refractivity (Wildman–Crippen MR) is 146 cm³/mol. The van der Waals surface area contributed by atoms with Crippen molar-refractivity contribution in [3.63, 3.8) is 0 Å². The summed E-state index contributed by atoms with van der Waals surface area (Å²) in [5, 5.41) is 3.46. The highest BCUT2D eigenvalue weighted by Crippen LogP contribution is 2.65. The zero-order valence-electron chi connectivity index (χ0n) is 23.5. The van der Waals surface area contributed by atoms with Gasteiger partial charge in [-0.1, -0.05) is 51.8 Å². The number of aryl methyl sites for hydroxylation is 1. The number of amides is 1. The van der Waals surface area contributed by atoms with Crippen LogP contribution in [0.5, 0.6) is 11.5 Å². The first-order chi connectivity index (χ1) is 17.6. The van der Waals surface area contributed by atoms with Crippen LogP contribution < -0.4 is 14.8 Å². The maximum absolute atomic E-state index is 13.3. The number of hydrogen-bond acceptors (Lipinski definition) is 4. The van der Waals surface area contributed by atoms with Crippen molar-refractivity contribution < 1.29 is 19.0 Å². The molecule has 1 aliphatic heterocycles. The van der Waals surface area contributed by atoms with Gasteiger partial charge in [-0.15, -0.1) is 0 Å². The van der Waals surface area contributed by atoms with Crippen LogP contribution in [0.4, 0.5) is 0 Å². The molecule has 1 amide bonds. The van der Waals surface area contributed by atoms with E-state index >= 15 is 0 Å². The van der Waals surface area contributed by atoms with E-state index in [1.807, 2.05) is 37.3 Å². The van der Waals surface area contributed by atoms with E-state index in [2.05, 4.69) is 45.1 Å². The molecule has 5 nitrogen and oxygen atoms in total. The molecule has 200 valence electrons. The molecule has 0 bridgehead atoms. The van der Waals surface area contributed by atoms with Gasteiger partial charge >= 0.3 is 0 Å². The number of epoxide rings is 1. The number of nitrogens with one attached hydrogen (secondary N) is 1. The number of carbonyl (C=O) groups excluding carboxylic acids is 1. The number of benzene rings is 2. The van der Waals surface area contributed by atoms with Crippen LogP contribution in [-0.2, 0) is 4.74 Å². The topological polar surface area (TPSA) is 60.1 Å². The molecule has 0 aromatic heterocycles. The van der Waals surface area contributed by atoms with Crippen molar-refractivity contribution in [2.75, 3.05) is 14.2 Å². The summed E-state index contributed by atoms with van der Waals surface area (Å²) < 4.78 is 17.6. The highest BCUT2D eigenvalue weighted by Gasteiger charge is 2.63. The maximum atomic E-state index is 13.3. The lowest BCUT2D eigenvalue weighted by molar-refractivity contribution is -0.112. The molecule has 3 aliphatic rings. The van der Waals surface area contributed by atoms with Gasteiger partial charge in [0.25, 0.3) is 5.91 Å². The van der Waals surface area contributed by atoms with Crippen LogP contribution in [0.25, 0.3) is 0 Å². The molecule has 7 atom stereocenters. The number of carbonyl (C=O) groups is 1. The molecule has 1 N–H and O–H groups in total. The van der Waals surface area contributed by atoms with E-state index in [1.165, 1.54) is 19.3 Å². The first-order valence-electron chi connectivity index (χ1n) is 13.8. The Morgan fingerprint density at radius 1 is 1.00 bits per heavy atom. The third-order valence-electron chi connectivity index (χ3n) is 9.94. The molecule has 2 aromatic carbocycles. The monoisotopic (exact) mass is 505 g/mol. The minimum Gasteiger partial charge on any atom is -0.497 e. The molecule has 2 unspecified atom stereocenters. The fourth-order valence-corrected chi connectivity index (χ4v) is 7.95. The summed E-state index contributed by atoms with van der Waals surface area (Å²) in [5.74, 6) is 2.75. The van der Waals surface area contributed by atoms with Crippen LogP contribution in [0.3, 0.4) is 0 Å². The number of methoxy groups -OCH3 is 2. The normalized spacial score (nSPS) is 34.2. The summed E-state index contributed by atoms with van der Waals surface area (Å²) in [4.78, 5) is 13.3. The molecule has 37 heavy (non-hydrogen) atoms. The van der Waals surface area contributed by atoms with E-state index in [0.29, 0.717) is 17.8 Å². The Morgan fingerprint density at radius 2 is 1.65 bits per heavy atom. The second-order valence-electron chi connectivity index (χ2n) is 12.6. The fourth-order valence-electron chi connectivity index (χ4n) is 7.95. The third-order valence-corrected chi connectivity index (χ3v) is 9.94. The van der Waals surface area contributed by atoms with Crippen molar-refractivity contribution in [1.82, 2.24) is 5.32 Å². The van der Waals surface area contributed by atoms with E-state index in [0.717, 1.165) is 34.6 Å². The van der Waals surface area contributed by atoms with Gasteiger partial charge in [-0.05, 0) is 84.6 Å². The third kappa shape index (κ3) is 4.76. The molecular weight excluding hydrogens is 462 g/mol. The van der Waals surface area contributed by atoms with Crippen LogP contribution >= 0.6 is 0 Å². The summed E-state index contributed by atoms with van der Waals surface area (Å²) in [6, 6.07) is 14.0. The summed E-state index contributed by atoms with van der Waals surface area (Å²) in [5.41, 5.74) is 3.38. The largest absolute Gasteiger partial charge is 0.497 e. The SMILES string of the molecule is COc1cc(OC)cc(C2OC2[C@H]2[C@H](C)[C@H](NC(=O)c3ccc(C)cc3)C[C@H]3C(C)(C)CCC[C@]23C)c1. The van der Waals surface area contributed by atoms with Gasteiger partial charge in [0, 0.05) is 17.7 Å². The molecule has 2 saturated carbocycles. The van der Waals surface area contributed by atoms with Gasteiger partial charge < -0.3 is 19.5 Å². The lowest BCUT2D eigenvalue weighted by Gasteiger charge is -2.60. The Morgan fingerprint density at radius 3 is 2.27 bits per heavy atom. The smallest absolute Gasteiger partial charge is 0.251 e. The van der Waals surface area contributed by atoms with Gasteiger partial charge in [0.15, 0.2) is 0 Å². The fraction of sp³-hybridized carbons (Fsp3) is 0.594. The second-order valence-corrected chi connectivity index (χ2v) is 12.6. The molecule has 3 fully saturated rings. The van der Waals surface area contributed by atoms with Crippen LogP contribution in [0.15, 0.2) is 42.5 Å². The quantitative estimate of drug-likeness (QED) is 0.442. The van der Waals surface area contributed by atoms with Gasteiger partial charge in [-0.25, -0.2) is 0 Å². The molecule has 0 radical (unpaired) electrons. The van der Waals surface area contributed by atoms with Crippen LogP contribution in [-0.4, -0.2) is 32.3 Å². The van der Waals surface area contributed by atoms with Gasteiger partial charge in [0.05, 0.1) is 20.3 Å². The Hall–Kier alpha value is -2.53. The molecule has 5 heteroatoms. The van der Waals surface area contributed by atoms with Crippen molar-refractivity contribution in [2.24, 2.45) is 28.6 Å². The molecule has 5 rings (SSSR count). The zero-order valence-corrected chi connectivity index (χ0v) is 23.5. The van der Waals surface area contributed by atoms with Gasteiger partial charge in [0.1, 0.15) is 17.6 Å². The predicted octanol–water partition coefficient (Wildman–Crippen LogP) is 6.74. The summed E-state index contributed by atoms with van der Waals surface area (Å²) >= 11 is 0. The average molecular weight is 506 g/mol. The average Bonchev–Trinajstić information content (AvgIpc) is 3.65. The Kier molecular flexibility index (Phi) is 6.81. The molecule has 1 heterocycles. The molecule has 2 aromatic rings. The number of hydrogen-bond donors (Lipinski definition) is 1. The molecular formula is C32H43NO4. The Balaban J connectivity index is 1.45. The first kappa shape index (κ1) is 26.1. The summed E-state index contributed by atoms with van der Waals surface area (Å²) in [7, 11) is 3.37.